The highest BCUT2D eigenvalue weighted by Crippen LogP contribution is 2.34. The summed E-state index contributed by atoms with van der Waals surface area (Å²) in [6.45, 7) is 2.03. The minimum atomic E-state index is -0.295. The molecule has 0 saturated carbocycles. The highest BCUT2D eigenvalue weighted by molar-refractivity contribution is 7.13. The summed E-state index contributed by atoms with van der Waals surface area (Å²) in [5.74, 6) is 0.230. The summed E-state index contributed by atoms with van der Waals surface area (Å²) < 4.78 is 18.9. The van der Waals surface area contributed by atoms with Gasteiger partial charge >= 0.3 is 0 Å². The van der Waals surface area contributed by atoms with Gasteiger partial charge in [0.25, 0.3) is 0 Å². The number of aryl methyl sites for hydroxylation is 1. The minimum Gasteiger partial charge on any atom is -0.496 e. The zero-order valence-corrected chi connectivity index (χ0v) is 9.97. The van der Waals surface area contributed by atoms with Gasteiger partial charge in [-0.05, 0) is 18.6 Å². The third-order valence-electron chi connectivity index (χ3n) is 2.32. The van der Waals surface area contributed by atoms with Crippen molar-refractivity contribution in [3.05, 3.63) is 35.1 Å². The predicted octanol–water partition coefficient (Wildman–Crippen LogP) is 3.52. The fraction of sp³-hybridized carbons (Fsp3) is 0.250. The Morgan fingerprint density at radius 3 is 2.88 bits per heavy atom. The van der Waals surface area contributed by atoms with E-state index in [4.69, 9.17) is 4.74 Å². The Balaban J connectivity index is 2.53. The minimum absolute atomic E-state index is 0.295. The van der Waals surface area contributed by atoms with Crippen LogP contribution in [-0.2, 0) is 6.42 Å². The zero-order chi connectivity index (χ0) is 11.5. The second-order valence-corrected chi connectivity index (χ2v) is 4.17. The van der Waals surface area contributed by atoms with Crippen LogP contribution < -0.4 is 4.74 Å². The monoisotopic (exact) mass is 237 g/mol. The lowest BCUT2D eigenvalue weighted by atomic mass is 10.2. The van der Waals surface area contributed by atoms with Crippen molar-refractivity contribution in [1.82, 2.24) is 4.98 Å². The molecular weight excluding hydrogens is 225 g/mol. The lowest BCUT2D eigenvalue weighted by Crippen LogP contribution is -1.91. The summed E-state index contributed by atoms with van der Waals surface area (Å²) in [6.07, 6.45) is 0.854. The first-order chi connectivity index (χ1) is 7.76. The predicted molar refractivity (Wildman–Crippen MR) is 63.4 cm³/mol. The third kappa shape index (κ3) is 1.93. The normalized spacial score (nSPS) is 10.4. The number of nitrogens with zero attached hydrogens (tertiary/aromatic N) is 1. The summed E-state index contributed by atoms with van der Waals surface area (Å²) in [6, 6.07) is 4.79. The van der Waals surface area contributed by atoms with Crippen LogP contribution in [0.5, 0.6) is 5.75 Å². The molecule has 0 saturated heterocycles. The molecule has 84 valence electrons. The maximum Gasteiger partial charge on any atom is 0.137 e. The van der Waals surface area contributed by atoms with Crippen LogP contribution in [0.4, 0.5) is 4.39 Å². The van der Waals surface area contributed by atoms with E-state index < -0.39 is 0 Å². The van der Waals surface area contributed by atoms with Crippen molar-refractivity contribution in [2.24, 2.45) is 0 Å². The molecule has 0 spiro atoms. The standard InChI is InChI=1S/C12H12FNOS/c1-3-8-7-16-12(14-8)11-9(13)5-4-6-10(11)15-2/h4-7H,3H2,1-2H3. The zero-order valence-electron chi connectivity index (χ0n) is 9.16. The Bertz CT molecular complexity index is 496. The van der Waals surface area contributed by atoms with E-state index in [0.29, 0.717) is 16.3 Å². The molecule has 4 heteroatoms. The molecule has 1 heterocycles. The fourth-order valence-electron chi connectivity index (χ4n) is 1.47. The van der Waals surface area contributed by atoms with E-state index in [2.05, 4.69) is 4.98 Å². The highest BCUT2D eigenvalue weighted by atomic mass is 32.1. The van der Waals surface area contributed by atoms with Crippen molar-refractivity contribution in [3.63, 3.8) is 0 Å². The lowest BCUT2D eigenvalue weighted by molar-refractivity contribution is 0.413. The van der Waals surface area contributed by atoms with Crippen LogP contribution >= 0.6 is 11.3 Å². The van der Waals surface area contributed by atoms with Gasteiger partial charge in [0.15, 0.2) is 0 Å². The summed E-state index contributed by atoms with van der Waals surface area (Å²) in [5, 5.41) is 2.62. The van der Waals surface area contributed by atoms with Gasteiger partial charge in [0.2, 0.25) is 0 Å². The Morgan fingerprint density at radius 1 is 1.44 bits per heavy atom. The number of hydrogen-bond donors (Lipinski definition) is 0. The molecule has 2 nitrogen and oxygen atoms in total. The molecule has 0 N–H and O–H groups in total. The van der Waals surface area contributed by atoms with Crippen LogP contribution in [0.2, 0.25) is 0 Å². The van der Waals surface area contributed by atoms with E-state index in [-0.39, 0.29) is 5.82 Å². The fourth-order valence-corrected chi connectivity index (χ4v) is 2.42. The Hall–Kier alpha value is -1.42. The average molecular weight is 237 g/mol. The molecule has 0 unspecified atom stereocenters. The van der Waals surface area contributed by atoms with Crippen LogP contribution in [-0.4, -0.2) is 12.1 Å². The Morgan fingerprint density at radius 2 is 2.25 bits per heavy atom. The quantitative estimate of drug-likeness (QED) is 0.814. The topological polar surface area (TPSA) is 22.1 Å². The molecule has 0 fully saturated rings. The van der Waals surface area contributed by atoms with Crippen molar-refractivity contribution in [1.29, 1.82) is 0 Å². The average Bonchev–Trinajstić information content (AvgIpc) is 2.76. The first-order valence-electron chi connectivity index (χ1n) is 5.03. The second-order valence-electron chi connectivity index (χ2n) is 3.31. The molecule has 0 aliphatic heterocycles. The van der Waals surface area contributed by atoms with Gasteiger partial charge in [-0.25, -0.2) is 9.37 Å². The number of aromatic nitrogens is 1. The Kier molecular flexibility index (Phi) is 3.19. The maximum atomic E-state index is 13.7. The van der Waals surface area contributed by atoms with Crippen LogP contribution in [0.3, 0.4) is 0 Å². The first-order valence-corrected chi connectivity index (χ1v) is 5.91. The first kappa shape index (κ1) is 11.1. The number of thiazole rings is 1. The van der Waals surface area contributed by atoms with Gasteiger partial charge in [-0.3, -0.25) is 0 Å². The SMILES string of the molecule is CCc1csc(-c2c(F)cccc2OC)n1. The number of rotatable bonds is 3. The summed E-state index contributed by atoms with van der Waals surface area (Å²) in [7, 11) is 1.53. The van der Waals surface area contributed by atoms with Crippen molar-refractivity contribution in [2.75, 3.05) is 7.11 Å². The summed E-state index contributed by atoms with van der Waals surface area (Å²) in [4.78, 5) is 4.37. The molecule has 0 atom stereocenters. The molecule has 0 radical (unpaired) electrons. The van der Waals surface area contributed by atoms with Crippen molar-refractivity contribution < 1.29 is 9.13 Å². The molecule has 0 aliphatic rings. The van der Waals surface area contributed by atoms with Gasteiger partial charge in [0.05, 0.1) is 18.4 Å². The molecule has 16 heavy (non-hydrogen) atoms. The highest BCUT2D eigenvalue weighted by Gasteiger charge is 2.14. The molecule has 2 rings (SSSR count). The van der Waals surface area contributed by atoms with Gasteiger partial charge in [-0.2, -0.15) is 0 Å². The molecule has 0 aliphatic carbocycles. The maximum absolute atomic E-state index is 13.7. The molecule has 0 amide bonds. The smallest absolute Gasteiger partial charge is 0.137 e. The molecule has 2 aromatic rings. The van der Waals surface area contributed by atoms with Crippen LogP contribution in [0.15, 0.2) is 23.6 Å². The summed E-state index contributed by atoms with van der Waals surface area (Å²) in [5.41, 5.74) is 1.43. The second kappa shape index (κ2) is 4.61. The number of methoxy groups -OCH3 is 1. The van der Waals surface area contributed by atoms with E-state index in [0.717, 1.165) is 12.1 Å². The number of benzene rings is 1. The Labute approximate surface area is 97.7 Å². The molecular formula is C12H12FNOS. The third-order valence-corrected chi connectivity index (χ3v) is 3.23. The number of hydrogen-bond acceptors (Lipinski definition) is 3. The molecule has 1 aromatic heterocycles. The van der Waals surface area contributed by atoms with Crippen molar-refractivity contribution >= 4 is 11.3 Å². The number of ether oxygens (including phenoxy) is 1. The van der Waals surface area contributed by atoms with Gasteiger partial charge < -0.3 is 4.74 Å². The largest absolute Gasteiger partial charge is 0.496 e. The van der Waals surface area contributed by atoms with Crippen LogP contribution in [0.1, 0.15) is 12.6 Å². The molecule has 1 aromatic carbocycles. The molecule has 0 bridgehead atoms. The van der Waals surface area contributed by atoms with Crippen molar-refractivity contribution in [3.8, 4) is 16.3 Å². The van der Waals surface area contributed by atoms with Crippen molar-refractivity contribution in [2.45, 2.75) is 13.3 Å². The van der Waals surface area contributed by atoms with E-state index in [1.165, 1.54) is 24.5 Å². The van der Waals surface area contributed by atoms with Crippen LogP contribution in [0, 0.1) is 5.82 Å². The van der Waals surface area contributed by atoms with Gasteiger partial charge in [0.1, 0.15) is 16.6 Å². The van der Waals surface area contributed by atoms with E-state index in [1.807, 2.05) is 12.3 Å². The lowest BCUT2D eigenvalue weighted by Gasteiger charge is -2.06. The van der Waals surface area contributed by atoms with Crippen LogP contribution in [0.25, 0.3) is 10.6 Å². The van der Waals surface area contributed by atoms with E-state index in [1.54, 1.807) is 12.1 Å². The van der Waals surface area contributed by atoms with Gasteiger partial charge in [-0.1, -0.05) is 13.0 Å². The van der Waals surface area contributed by atoms with Gasteiger partial charge in [-0.15, -0.1) is 11.3 Å². The van der Waals surface area contributed by atoms with E-state index in [9.17, 15) is 4.39 Å². The van der Waals surface area contributed by atoms with E-state index >= 15 is 0 Å². The summed E-state index contributed by atoms with van der Waals surface area (Å²) >= 11 is 1.44. The number of halogens is 1. The van der Waals surface area contributed by atoms with Gasteiger partial charge in [0, 0.05) is 5.38 Å².